The highest BCUT2D eigenvalue weighted by atomic mass is 32.2. The van der Waals surface area contributed by atoms with E-state index in [0.29, 0.717) is 18.7 Å². The van der Waals surface area contributed by atoms with Crippen LogP contribution < -0.4 is 19.7 Å². The number of carbonyl (C=O) groups is 2. The van der Waals surface area contributed by atoms with Crippen molar-refractivity contribution in [1.29, 1.82) is 0 Å². The molecule has 3 rings (SSSR count). The highest BCUT2D eigenvalue weighted by Crippen LogP contribution is 2.43. The number of hydrogen-bond donors (Lipinski definition) is 2. The van der Waals surface area contributed by atoms with Crippen LogP contribution in [0.1, 0.15) is 33.3 Å². The molecule has 0 bridgehead atoms. The first-order chi connectivity index (χ1) is 16.7. The van der Waals surface area contributed by atoms with Crippen molar-refractivity contribution >= 4 is 46.4 Å². The Morgan fingerprint density at radius 1 is 1.09 bits per heavy atom. The normalized spacial score (nSPS) is 11.5. The summed E-state index contributed by atoms with van der Waals surface area (Å²) < 4.78 is 9.46. The van der Waals surface area contributed by atoms with Gasteiger partial charge in [-0.15, -0.1) is 0 Å². The van der Waals surface area contributed by atoms with Crippen molar-refractivity contribution in [3.8, 4) is 16.9 Å². The molecular weight excluding hydrogens is 458 g/mol. The zero-order chi connectivity index (χ0) is 25.6. The molecule has 0 atom stereocenters. The van der Waals surface area contributed by atoms with Gasteiger partial charge < -0.3 is 14.8 Å². The molecule has 0 heterocycles. The first kappa shape index (κ1) is 26.2. The van der Waals surface area contributed by atoms with Crippen LogP contribution in [0.15, 0.2) is 60.8 Å². The van der Waals surface area contributed by atoms with Gasteiger partial charge in [0.25, 0.3) is 0 Å². The number of benzene rings is 3. The Kier molecular flexibility index (Phi) is 8.46. The van der Waals surface area contributed by atoms with Crippen LogP contribution in [0.2, 0.25) is 0 Å². The van der Waals surface area contributed by atoms with E-state index in [-0.39, 0.29) is 11.3 Å². The van der Waals surface area contributed by atoms with Crippen molar-refractivity contribution in [2.24, 2.45) is 0 Å². The van der Waals surface area contributed by atoms with Gasteiger partial charge in [-0.05, 0) is 59.0 Å². The summed E-state index contributed by atoms with van der Waals surface area (Å²) >= 11 is 1.56. The number of ether oxygens (including phenoxy) is 1. The minimum absolute atomic E-state index is 0.246. The predicted octanol–water partition coefficient (Wildman–Crippen LogP) is 6.12. The van der Waals surface area contributed by atoms with Crippen molar-refractivity contribution in [3.05, 3.63) is 66.4 Å². The first-order valence-corrected chi connectivity index (χ1v) is 12.7. The van der Waals surface area contributed by atoms with Gasteiger partial charge in [0.15, 0.2) is 0 Å². The molecular formula is C28H33N3O3S. The van der Waals surface area contributed by atoms with E-state index in [1.807, 2.05) is 25.3 Å². The van der Waals surface area contributed by atoms with Crippen molar-refractivity contribution in [3.63, 3.8) is 0 Å². The quantitative estimate of drug-likeness (QED) is 0.215. The van der Waals surface area contributed by atoms with Crippen molar-refractivity contribution in [2.45, 2.75) is 33.1 Å². The summed E-state index contributed by atoms with van der Waals surface area (Å²) in [6.45, 7) is 8.83. The maximum atomic E-state index is 12.0. The van der Waals surface area contributed by atoms with Crippen molar-refractivity contribution in [1.82, 2.24) is 5.32 Å². The number of amides is 2. The van der Waals surface area contributed by atoms with Gasteiger partial charge >= 0.3 is 0 Å². The summed E-state index contributed by atoms with van der Waals surface area (Å²) in [5, 5.41) is 4.76. The van der Waals surface area contributed by atoms with Crippen LogP contribution in [0.4, 0.5) is 11.4 Å². The average molecular weight is 492 g/mol. The molecule has 0 radical (unpaired) electrons. The van der Waals surface area contributed by atoms with Crippen LogP contribution >= 0.6 is 11.9 Å². The zero-order valence-electron chi connectivity index (χ0n) is 21.1. The van der Waals surface area contributed by atoms with Gasteiger partial charge in [0.05, 0.1) is 6.61 Å². The zero-order valence-corrected chi connectivity index (χ0v) is 22.0. The number of anilines is 2. The Hall–Kier alpha value is -3.45. The number of hydrogen-bond acceptors (Lipinski definition) is 5. The predicted molar refractivity (Wildman–Crippen MR) is 148 cm³/mol. The lowest BCUT2D eigenvalue weighted by Gasteiger charge is -2.27. The van der Waals surface area contributed by atoms with E-state index in [9.17, 15) is 9.59 Å². The van der Waals surface area contributed by atoms with Gasteiger partial charge in [0, 0.05) is 48.1 Å². The third kappa shape index (κ3) is 6.17. The molecule has 7 heteroatoms. The van der Waals surface area contributed by atoms with Crippen LogP contribution in [0.5, 0.6) is 5.75 Å². The van der Waals surface area contributed by atoms with Gasteiger partial charge in [0.2, 0.25) is 12.3 Å². The van der Waals surface area contributed by atoms with Crippen molar-refractivity contribution in [2.75, 3.05) is 29.5 Å². The van der Waals surface area contributed by atoms with Crippen LogP contribution in [0.25, 0.3) is 21.9 Å². The number of nitrogens with one attached hydrogen (secondary N) is 2. The summed E-state index contributed by atoms with van der Waals surface area (Å²) in [6.07, 6.45) is 5.50. The molecule has 0 unspecified atom stereocenters. The average Bonchev–Trinajstić information content (AvgIpc) is 2.84. The summed E-state index contributed by atoms with van der Waals surface area (Å²) in [7, 11) is 1.55. The minimum Gasteiger partial charge on any atom is -0.493 e. The second-order valence-electron chi connectivity index (χ2n) is 9.08. The standard InChI is InChI=1S/C28H33N3O3S/c1-7-34-27-24(21-9-8-20-15-22(30-35-6)11-10-19(20)14-21)16-23(17-25(27)28(2,3)4)31(18-32)13-12-26(33)29-5/h8-18,30H,7H2,1-6H3,(H,29,33)/b13-12-. The van der Waals surface area contributed by atoms with Gasteiger partial charge in [-0.2, -0.15) is 0 Å². The monoisotopic (exact) mass is 491 g/mol. The first-order valence-electron chi connectivity index (χ1n) is 11.5. The van der Waals surface area contributed by atoms with E-state index in [4.69, 9.17) is 4.74 Å². The molecule has 0 saturated carbocycles. The Labute approximate surface area is 211 Å². The Balaban J connectivity index is 2.23. The Bertz CT molecular complexity index is 1250. The van der Waals surface area contributed by atoms with Gasteiger partial charge in [0.1, 0.15) is 5.75 Å². The fourth-order valence-corrected chi connectivity index (χ4v) is 4.20. The molecule has 0 spiro atoms. The van der Waals surface area contributed by atoms with E-state index in [2.05, 4.69) is 67.2 Å². The number of fused-ring (bicyclic) bond motifs is 1. The van der Waals surface area contributed by atoms with Gasteiger partial charge in [-0.1, -0.05) is 50.9 Å². The number of nitrogens with zero attached hydrogens (tertiary/aromatic N) is 1. The van der Waals surface area contributed by atoms with Gasteiger partial charge in [-0.3, -0.25) is 14.5 Å². The molecule has 0 saturated heterocycles. The summed E-state index contributed by atoms with van der Waals surface area (Å²) in [5.74, 6) is 0.508. The van der Waals surface area contributed by atoms with E-state index >= 15 is 0 Å². The molecule has 0 aliphatic heterocycles. The molecule has 2 amide bonds. The minimum atomic E-state index is -0.288. The third-order valence-electron chi connectivity index (χ3n) is 5.59. The molecule has 3 aromatic carbocycles. The molecule has 0 aromatic heterocycles. The molecule has 0 fully saturated rings. The smallest absolute Gasteiger partial charge is 0.245 e. The van der Waals surface area contributed by atoms with E-state index in [1.54, 1.807) is 19.0 Å². The largest absolute Gasteiger partial charge is 0.493 e. The summed E-state index contributed by atoms with van der Waals surface area (Å²) in [5.41, 5.74) is 4.32. The SMILES string of the molecule is CCOc1c(-c2ccc3cc(NSC)ccc3c2)cc(N(C=O)/C=C\C(=O)NC)cc1C(C)(C)C. The maximum Gasteiger partial charge on any atom is 0.245 e. The third-order valence-corrected chi connectivity index (χ3v) is 6.03. The lowest BCUT2D eigenvalue weighted by Crippen LogP contribution is -2.20. The van der Waals surface area contributed by atoms with Crippen molar-refractivity contribution < 1.29 is 14.3 Å². The molecule has 2 N–H and O–H groups in total. The lowest BCUT2D eigenvalue weighted by molar-refractivity contribution is -0.116. The second kappa shape index (κ2) is 11.3. The number of rotatable bonds is 9. The highest BCUT2D eigenvalue weighted by Gasteiger charge is 2.25. The maximum absolute atomic E-state index is 12.0. The summed E-state index contributed by atoms with van der Waals surface area (Å²) in [6, 6.07) is 16.5. The molecule has 0 aliphatic rings. The fraction of sp³-hybridized carbons (Fsp3) is 0.286. The molecule has 35 heavy (non-hydrogen) atoms. The van der Waals surface area contributed by atoms with E-state index in [0.717, 1.165) is 38.9 Å². The molecule has 6 nitrogen and oxygen atoms in total. The molecule has 0 aliphatic carbocycles. The highest BCUT2D eigenvalue weighted by molar-refractivity contribution is 7.99. The van der Waals surface area contributed by atoms with Crippen LogP contribution in [-0.2, 0) is 15.0 Å². The topological polar surface area (TPSA) is 70.7 Å². The van der Waals surface area contributed by atoms with Crippen LogP contribution in [-0.4, -0.2) is 32.2 Å². The molecule has 3 aromatic rings. The number of likely N-dealkylation sites (N-methyl/N-ethyl adjacent to an activating group) is 1. The Morgan fingerprint density at radius 3 is 2.43 bits per heavy atom. The fourth-order valence-electron chi connectivity index (χ4n) is 3.84. The van der Waals surface area contributed by atoms with Crippen LogP contribution in [0.3, 0.4) is 0 Å². The van der Waals surface area contributed by atoms with E-state index in [1.165, 1.54) is 17.2 Å². The lowest BCUT2D eigenvalue weighted by atomic mass is 9.83. The Morgan fingerprint density at radius 2 is 1.80 bits per heavy atom. The molecule has 184 valence electrons. The van der Waals surface area contributed by atoms with E-state index < -0.39 is 0 Å². The number of carbonyl (C=O) groups excluding carboxylic acids is 2. The second-order valence-corrected chi connectivity index (χ2v) is 9.69. The van der Waals surface area contributed by atoms with Gasteiger partial charge in [-0.25, -0.2) is 0 Å². The van der Waals surface area contributed by atoms with Crippen LogP contribution in [0, 0.1) is 0 Å². The summed E-state index contributed by atoms with van der Waals surface area (Å²) in [4.78, 5) is 25.1.